The molecule has 0 spiro atoms. The normalized spacial score (nSPS) is 12.4. The minimum absolute atomic E-state index is 0.159. The van der Waals surface area contributed by atoms with E-state index in [-0.39, 0.29) is 11.8 Å². The molecule has 0 fully saturated rings. The summed E-state index contributed by atoms with van der Waals surface area (Å²) in [6, 6.07) is 9.11. The van der Waals surface area contributed by atoms with Crippen molar-refractivity contribution in [3.05, 3.63) is 39.8 Å². The van der Waals surface area contributed by atoms with Crippen molar-refractivity contribution in [3.63, 3.8) is 0 Å². The third-order valence-corrected chi connectivity index (χ3v) is 4.59. The van der Waals surface area contributed by atoms with Crippen LogP contribution in [0.25, 0.3) is 0 Å². The maximum atomic E-state index is 12.6. The van der Waals surface area contributed by atoms with Gasteiger partial charge in [-0.25, -0.2) is 0 Å². The topological polar surface area (TPSA) is 86.9 Å². The highest BCUT2D eigenvalue weighted by Gasteiger charge is 2.33. The molecular weight excluding hydrogens is 356 g/mol. The van der Waals surface area contributed by atoms with E-state index in [4.69, 9.17) is 12.2 Å². The summed E-state index contributed by atoms with van der Waals surface area (Å²) in [4.78, 5) is 24.9. The van der Waals surface area contributed by atoms with E-state index >= 15 is 0 Å². The number of carbonyl (C=O) groups is 2. The molecule has 0 saturated carbocycles. The van der Waals surface area contributed by atoms with E-state index < -0.39 is 11.5 Å². The van der Waals surface area contributed by atoms with Gasteiger partial charge in [0.15, 0.2) is 3.95 Å². The van der Waals surface area contributed by atoms with E-state index in [1.165, 1.54) is 11.3 Å². The molecule has 2 rings (SSSR count). The van der Waals surface area contributed by atoms with Crippen molar-refractivity contribution in [2.45, 2.75) is 39.7 Å². The van der Waals surface area contributed by atoms with Gasteiger partial charge < -0.3 is 5.32 Å². The Morgan fingerprint density at radius 2 is 1.96 bits per heavy atom. The van der Waals surface area contributed by atoms with Crippen LogP contribution >= 0.6 is 23.6 Å². The Kier molecular flexibility index (Phi) is 6.44. The Bertz CT molecular complexity index is 778. The molecule has 0 aliphatic heterocycles. The number of aromatic nitrogens is 2. The number of aromatic amines is 1. The van der Waals surface area contributed by atoms with Gasteiger partial charge >= 0.3 is 0 Å². The average Bonchev–Trinajstić information content (AvgIpc) is 2.95. The van der Waals surface area contributed by atoms with Crippen LogP contribution in [0.1, 0.15) is 32.8 Å². The van der Waals surface area contributed by atoms with Crippen LogP contribution in [0.15, 0.2) is 30.3 Å². The summed E-state index contributed by atoms with van der Waals surface area (Å²) < 4.78 is 0.481. The maximum absolute atomic E-state index is 12.6. The van der Waals surface area contributed by atoms with Gasteiger partial charge in [0, 0.05) is 6.42 Å². The first-order chi connectivity index (χ1) is 11.8. The van der Waals surface area contributed by atoms with Gasteiger partial charge in [-0.05, 0) is 29.6 Å². The number of aryl methyl sites for hydroxylation is 1. The zero-order valence-corrected chi connectivity index (χ0v) is 16.1. The Morgan fingerprint density at radius 1 is 1.28 bits per heavy atom. The highest BCUT2D eigenvalue weighted by Crippen LogP contribution is 2.22. The predicted octanol–water partition coefficient (Wildman–Crippen LogP) is 3.30. The molecule has 1 heterocycles. The van der Waals surface area contributed by atoms with Gasteiger partial charge in [0.25, 0.3) is 0 Å². The number of rotatable bonds is 6. The monoisotopic (exact) mass is 378 g/mol. The van der Waals surface area contributed by atoms with E-state index in [1.807, 2.05) is 51.1 Å². The lowest BCUT2D eigenvalue weighted by atomic mass is 9.86. The summed E-state index contributed by atoms with van der Waals surface area (Å²) in [5, 5.41) is 12.5. The van der Waals surface area contributed by atoms with Crippen LogP contribution in [-0.4, -0.2) is 28.1 Å². The predicted molar refractivity (Wildman–Crippen MR) is 102 cm³/mol. The lowest BCUT2D eigenvalue weighted by molar-refractivity contribution is -0.128. The highest BCUT2D eigenvalue weighted by atomic mass is 32.1. The Hall–Kier alpha value is -2.06. The first-order valence-corrected chi connectivity index (χ1v) is 9.18. The Morgan fingerprint density at radius 3 is 2.52 bits per heavy atom. The zero-order valence-electron chi connectivity index (χ0n) is 14.5. The van der Waals surface area contributed by atoms with Crippen LogP contribution in [0.4, 0.5) is 5.13 Å². The van der Waals surface area contributed by atoms with Crippen molar-refractivity contribution in [1.29, 1.82) is 0 Å². The van der Waals surface area contributed by atoms with Crippen LogP contribution in [0.2, 0.25) is 0 Å². The van der Waals surface area contributed by atoms with E-state index in [0.29, 0.717) is 21.9 Å². The molecule has 8 heteroatoms. The first kappa shape index (κ1) is 19.3. The largest absolute Gasteiger partial charge is 0.344 e. The van der Waals surface area contributed by atoms with E-state index in [2.05, 4.69) is 20.8 Å². The summed E-state index contributed by atoms with van der Waals surface area (Å²) in [5.74, 6) is -0.466. The molecule has 0 radical (unpaired) electrons. The van der Waals surface area contributed by atoms with Crippen LogP contribution < -0.4 is 10.6 Å². The molecule has 0 aliphatic rings. The molecule has 25 heavy (non-hydrogen) atoms. The fraction of sp³-hybridized carbons (Fsp3) is 0.412. The Labute approximate surface area is 156 Å². The molecule has 134 valence electrons. The number of nitrogens with zero attached hydrogens (tertiary/aromatic N) is 1. The lowest BCUT2D eigenvalue weighted by Gasteiger charge is -2.30. The van der Waals surface area contributed by atoms with Crippen molar-refractivity contribution in [3.8, 4) is 0 Å². The lowest BCUT2D eigenvalue weighted by Crippen LogP contribution is -2.51. The molecule has 1 aromatic heterocycles. The van der Waals surface area contributed by atoms with Gasteiger partial charge in [-0.15, -0.1) is 5.10 Å². The number of benzene rings is 1. The smallest absolute Gasteiger partial charge is 0.249 e. The third kappa shape index (κ3) is 6.06. The SMILES string of the molecule is CC(C)(C)C(NC(=O)CCc1ccccc1)C(=O)Nc1n[nH]c(=S)s1. The molecule has 0 saturated heterocycles. The van der Waals surface area contributed by atoms with Gasteiger partial charge in [-0.2, -0.15) is 0 Å². The molecule has 1 atom stereocenters. The van der Waals surface area contributed by atoms with Crippen molar-refractivity contribution in [1.82, 2.24) is 15.5 Å². The van der Waals surface area contributed by atoms with Crippen molar-refractivity contribution >= 4 is 40.5 Å². The van der Waals surface area contributed by atoms with Gasteiger partial charge in [0.2, 0.25) is 16.9 Å². The fourth-order valence-electron chi connectivity index (χ4n) is 2.27. The third-order valence-electron chi connectivity index (χ3n) is 3.59. The fourth-order valence-corrected chi connectivity index (χ4v) is 3.06. The van der Waals surface area contributed by atoms with E-state index in [9.17, 15) is 9.59 Å². The summed E-state index contributed by atoms with van der Waals surface area (Å²) >= 11 is 6.13. The van der Waals surface area contributed by atoms with Crippen molar-refractivity contribution in [2.24, 2.45) is 5.41 Å². The number of hydrogen-bond donors (Lipinski definition) is 3. The minimum Gasteiger partial charge on any atom is -0.344 e. The second-order valence-electron chi connectivity index (χ2n) is 6.76. The molecule has 2 aromatic rings. The number of carbonyl (C=O) groups excluding carboxylic acids is 2. The zero-order chi connectivity index (χ0) is 18.4. The quantitative estimate of drug-likeness (QED) is 0.673. The van der Waals surface area contributed by atoms with Crippen LogP contribution in [-0.2, 0) is 16.0 Å². The number of hydrogen-bond acceptors (Lipinski definition) is 5. The van der Waals surface area contributed by atoms with Gasteiger partial charge in [0.05, 0.1) is 0 Å². The molecular formula is C17H22N4O2S2. The van der Waals surface area contributed by atoms with Crippen LogP contribution in [0, 0.1) is 9.37 Å². The molecule has 0 bridgehead atoms. The highest BCUT2D eigenvalue weighted by molar-refractivity contribution is 7.73. The number of anilines is 1. The van der Waals surface area contributed by atoms with Gasteiger partial charge in [-0.1, -0.05) is 62.4 Å². The molecule has 1 aromatic carbocycles. The summed E-state index contributed by atoms with van der Waals surface area (Å²) in [5.41, 5.74) is 0.648. The summed E-state index contributed by atoms with van der Waals surface area (Å²) in [6.07, 6.45) is 0.955. The molecule has 3 N–H and O–H groups in total. The van der Waals surface area contributed by atoms with Crippen molar-refractivity contribution in [2.75, 3.05) is 5.32 Å². The number of nitrogens with one attached hydrogen (secondary N) is 3. The number of amides is 2. The van der Waals surface area contributed by atoms with Gasteiger partial charge in [0.1, 0.15) is 6.04 Å². The van der Waals surface area contributed by atoms with Crippen molar-refractivity contribution < 1.29 is 9.59 Å². The van der Waals surface area contributed by atoms with E-state index in [1.54, 1.807) is 0 Å². The maximum Gasteiger partial charge on any atom is 0.249 e. The summed E-state index contributed by atoms with van der Waals surface area (Å²) in [7, 11) is 0. The Balaban J connectivity index is 1.98. The van der Waals surface area contributed by atoms with Crippen LogP contribution in [0.3, 0.4) is 0 Å². The second kappa shape index (κ2) is 8.35. The first-order valence-electron chi connectivity index (χ1n) is 7.95. The molecule has 2 amide bonds. The number of H-pyrrole nitrogens is 1. The second-order valence-corrected chi connectivity index (χ2v) is 8.43. The summed E-state index contributed by atoms with van der Waals surface area (Å²) in [6.45, 7) is 5.71. The van der Waals surface area contributed by atoms with Crippen LogP contribution in [0.5, 0.6) is 0 Å². The van der Waals surface area contributed by atoms with E-state index in [0.717, 1.165) is 5.56 Å². The molecule has 1 unspecified atom stereocenters. The minimum atomic E-state index is -0.673. The molecule has 0 aliphatic carbocycles. The van der Waals surface area contributed by atoms with Gasteiger partial charge in [-0.3, -0.25) is 20.0 Å². The molecule has 6 nitrogen and oxygen atoms in total. The average molecular weight is 379 g/mol. The standard InChI is InChI=1S/C17H22N4O2S2/c1-17(2,3)13(14(23)19-15-20-21-16(24)25-15)18-12(22)10-9-11-7-5-4-6-8-11/h4-8,13H,9-10H2,1-3H3,(H,18,22)(H,21,24)(H,19,20,23).